The van der Waals surface area contributed by atoms with Gasteiger partial charge in [0.2, 0.25) is 6.29 Å². The van der Waals surface area contributed by atoms with Crippen LogP contribution in [0.5, 0.6) is 0 Å². The van der Waals surface area contributed by atoms with Crippen molar-refractivity contribution in [3.05, 3.63) is 11.6 Å². The molecule has 23 atom stereocenters. The first kappa shape index (κ1) is 50.0. The topological polar surface area (TPSA) is 295 Å². The van der Waals surface area contributed by atoms with Crippen LogP contribution in [0.25, 0.3) is 0 Å². The first-order valence-electron chi connectivity index (χ1n) is 23.9. The molecule has 0 bridgehead atoms. The first-order valence-corrected chi connectivity index (χ1v) is 23.9. The lowest BCUT2D eigenvalue weighted by molar-refractivity contribution is -0.328. The zero-order valence-corrected chi connectivity index (χ0v) is 38.6. The molecule has 0 radical (unpaired) electrons. The number of hydrogen-bond acceptors (Lipinski definition) is 18. The second-order valence-electron chi connectivity index (χ2n) is 22.9. The van der Waals surface area contributed by atoms with E-state index in [1.807, 2.05) is 0 Å². The Balaban J connectivity index is 1.02. The molecule has 4 unspecified atom stereocenters. The average Bonchev–Trinajstić information content (AvgIpc) is 3.26. The van der Waals surface area contributed by atoms with E-state index in [1.165, 1.54) is 5.57 Å². The van der Waals surface area contributed by atoms with Gasteiger partial charge in [-0.15, -0.1) is 0 Å². The predicted octanol–water partition coefficient (Wildman–Crippen LogP) is -0.248. The van der Waals surface area contributed by atoms with Crippen LogP contribution in [0, 0.1) is 50.2 Å². The summed E-state index contributed by atoms with van der Waals surface area (Å²) in [6.45, 7) is 12.1. The van der Waals surface area contributed by atoms with Gasteiger partial charge in [-0.05, 0) is 104 Å². The molecule has 7 fully saturated rings. The fourth-order valence-electron chi connectivity index (χ4n) is 14.7. The monoisotopic (exact) mass is 929 g/mol. The van der Waals surface area contributed by atoms with E-state index >= 15 is 0 Å². The van der Waals surface area contributed by atoms with Crippen molar-refractivity contribution in [3.63, 3.8) is 0 Å². The molecule has 3 saturated heterocycles. The highest BCUT2D eigenvalue weighted by Gasteiger charge is 2.70. The van der Waals surface area contributed by atoms with Crippen molar-refractivity contribution in [3.8, 4) is 0 Å². The maximum absolute atomic E-state index is 14.9. The number of hydrogen-bond donors (Lipinski definition) is 11. The standard InChI is InChI=1S/C47H76O18/c1-42(2)13-15-47(41(59)65-40-37(58)34(55)32(53)26(63-40)20-61-38-36(57)33(54)31(52)25(18-48)62-38)16-14-45(5)22(23(47)17-42)7-8-28-43(3)11-10-29(64-39-35(56)30(51)24(50)19-60-39)44(4,21-49)27(43)9-12-46(28,45)6/h7,23-40,48-58H,8-21H2,1-6H3/t23-,24-,25+,26+,27?,28+,29-,30-,31+,32+,33-,34-,35+,36+,37+,38?,39?,40+,43-,44-,45+,46+,47?/m0/s1. The van der Waals surface area contributed by atoms with Gasteiger partial charge in [0, 0.05) is 5.41 Å². The van der Waals surface area contributed by atoms with E-state index in [0.29, 0.717) is 25.7 Å². The molecule has 8 aliphatic rings. The summed E-state index contributed by atoms with van der Waals surface area (Å²) in [6.07, 6.45) is -12.5. The van der Waals surface area contributed by atoms with Crippen LogP contribution >= 0.6 is 0 Å². The quantitative estimate of drug-likeness (QED) is 0.0808. The van der Waals surface area contributed by atoms with E-state index in [4.69, 9.17) is 28.4 Å². The van der Waals surface area contributed by atoms with Gasteiger partial charge in [-0.2, -0.15) is 0 Å². The van der Waals surface area contributed by atoms with Crippen LogP contribution in [-0.4, -0.2) is 181 Å². The minimum absolute atomic E-state index is 0.0557. The molecule has 65 heavy (non-hydrogen) atoms. The number of esters is 1. The van der Waals surface area contributed by atoms with Gasteiger partial charge in [-0.25, -0.2) is 0 Å². The largest absolute Gasteiger partial charge is 0.432 e. The lowest BCUT2D eigenvalue weighted by Crippen LogP contribution is -2.67. The average molecular weight is 929 g/mol. The van der Waals surface area contributed by atoms with Gasteiger partial charge in [0.05, 0.1) is 37.9 Å². The Morgan fingerprint density at radius 2 is 1.32 bits per heavy atom. The van der Waals surface area contributed by atoms with E-state index in [1.54, 1.807) is 0 Å². The zero-order chi connectivity index (χ0) is 47.4. The third-order valence-electron chi connectivity index (χ3n) is 19.0. The second-order valence-corrected chi connectivity index (χ2v) is 22.9. The van der Waals surface area contributed by atoms with Gasteiger partial charge in [0.1, 0.15) is 67.1 Å². The molecule has 0 aromatic rings. The van der Waals surface area contributed by atoms with Gasteiger partial charge in [-0.3, -0.25) is 4.79 Å². The Labute approximate surface area is 380 Å². The number of aliphatic hydroxyl groups excluding tert-OH is 11. The van der Waals surface area contributed by atoms with E-state index in [0.717, 1.165) is 38.5 Å². The zero-order valence-electron chi connectivity index (χ0n) is 38.6. The predicted molar refractivity (Wildman–Crippen MR) is 226 cm³/mol. The molecular formula is C47H76O18. The summed E-state index contributed by atoms with van der Waals surface area (Å²) in [6, 6.07) is 0. The van der Waals surface area contributed by atoms with Crippen molar-refractivity contribution in [2.24, 2.45) is 50.2 Å². The van der Waals surface area contributed by atoms with Gasteiger partial charge in [0.25, 0.3) is 0 Å². The van der Waals surface area contributed by atoms with Crippen LogP contribution in [0.2, 0.25) is 0 Å². The number of ether oxygens (including phenoxy) is 6. The van der Waals surface area contributed by atoms with Gasteiger partial charge in [0.15, 0.2) is 12.6 Å². The van der Waals surface area contributed by atoms with E-state index in [9.17, 15) is 61.0 Å². The molecule has 0 aromatic carbocycles. The molecule has 0 spiro atoms. The Hall–Kier alpha value is -1.43. The summed E-state index contributed by atoms with van der Waals surface area (Å²) >= 11 is 0. The molecule has 5 aliphatic carbocycles. The van der Waals surface area contributed by atoms with Crippen molar-refractivity contribution in [1.82, 2.24) is 0 Å². The Bertz CT molecular complexity index is 1760. The summed E-state index contributed by atoms with van der Waals surface area (Å²) in [5.41, 5.74) is -1.23. The Morgan fingerprint density at radius 3 is 2.00 bits per heavy atom. The molecule has 18 nitrogen and oxygen atoms in total. The summed E-state index contributed by atoms with van der Waals surface area (Å²) in [7, 11) is 0. The van der Waals surface area contributed by atoms with Gasteiger partial charge < -0.3 is 84.6 Å². The third-order valence-corrected chi connectivity index (χ3v) is 19.0. The highest BCUT2D eigenvalue weighted by atomic mass is 16.7. The summed E-state index contributed by atoms with van der Waals surface area (Å²) in [5.74, 6) is -0.485. The minimum Gasteiger partial charge on any atom is -0.432 e. The molecule has 0 amide bonds. The molecule has 3 aliphatic heterocycles. The van der Waals surface area contributed by atoms with Crippen molar-refractivity contribution < 1.29 is 89.4 Å². The van der Waals surface area contributed by atoms with Crippen molar-refractivity contribution in [1.29, 1.82) is 0 Å². The lowest BCUT2D eigenvalue weighted by atomic mass is 9.33. The van der Waals surface area contributed by atoms with Crippen LogP contribution in [0.1, 0.15) is 106 Å². The number of allylic oxidation sites excluding steroid dienone is 2. The molecule has 11 N–H and O–H groups in total. The first-order chi connectivity index (χ1) is 30.4. The number of fused-ring (bicyclic) bond motifs is 7. The maximum atomic E-state index is 14.9. The SMILES string of the molecule is CC1(C)CCC2(C(=O)O[C@H]3O[C@H](COC4O[C@H](CO)[C@@H](O)[C@H](O)[C@H]4O)[C@@H](O)[C@H](O)[C@H]3O)CC[C@]3(C)C(=CC[C@@H]4[C@@]5(C)CC[C@H](OC6OC[C@H](O)[C@H](O)[C@H]6O)[C@@](C)(CO)C5CC[C@]43C)[C@@H]2C1. The normalized spacial score (nSPS) is 54.3. The summed E-state index contributed by atoms with van der Waals surface area (Å²) < 4.78 is 35.2. The molecule has 4 saturated carbocycles. The molecule has 0 aromatic heterocycles. The molecule has 18 heteroatoms. The lowest BCUT2D eigenvalue weighted by Gasteiger charge is -2.71. The number of carbonyl (C=O) groups is 1. The van der Waals surface area contributed by atoms with Crippen molar-refractivity contribution in [2.75, 3.05) is 26.4 Å². The number of rotatable bonds is 9. The van der Waals surface area contributed by atoms with Crippen LogP contribution in [0.3, 0.4) is 0 Å². The molecule has 8 rings (SSSR count). The van der Waals surface area contributed by atoms with Crippen LogP contribution in [0.4, 0.5) is 0 Å². The van der Waals surface area contributed by atoms with E-state index in [2.05, 4.69) is 47.6 Å². The number of carbonyl (C=O) groups excluding carboxylic acids is 1. The van der Waals surface area contributed by atoms with E-state index < -0.39 is 122 Å². The van der Waals surface area contributed by atoms with Gasteiger partial charge >= 0.3 is 5.97 Å². The summed E-state index contributed by atoms with van der Waals surface area (Å²) in [4.78, 5) is 14.9. The fraction of sp³-hybridized carbons (Fsp3) is 0.936. The van der Waals surface area contributed by atoms with Gasteiger partial charge in [-0.1, -0.05) is 53.2 Å². The molecule has 372 valence electrons. The molecule has 3 heterocycles. The highest BCUT2D eigenvalue weighted by Crippen LogP contribution is 2.76. The van der Waals surface area contributed by atoms with Crippen molar-refractivity contribution in [2.45, 2.75) is 198 Å². The van der Waals surface area contributed by atoms with E-state index in [-0.39, 0.29) is 52.6 Å². The summed E-state index contributed by atoms with van der Waals surface area (Å²) in [5, 5.41) is 116. The fourth-order valence-corrected chi connectivity index (χ4v) is 14.7. The van der Waals surface area contributed by atoms with Crippen LogP contribution < -0.4 is 0 Å². The second kappa shape index (κ2) is 17.8. The minimum atomic E-state index is -1.81. The Morgan fingerprint density at radius 1 is 0.692 bits per heavy atom. The third kappa shape index (κ3) is 7.89. The molecular weight excluding hydrogens is 852 g/mol. The maximum Gasteiger partial charge on any atom is 0.315 e. The number of aliphatic hydroxyl groups is 11. The van der Waals surface area contributed by atoms with Crippen molar-refractivity contribution >= 4 is 5.97 Å². The Kier molecular flexibility index (Phi) is 13.7. The van der Waals surface area contributed by atoms with Crippen LogP contribution in [-0.2, 0) is 33.2 Å². The smallest absolute Gasteiger partial charge is 0.315 e. The van der Waals surface area contributed by atoms with Crippen LogP contribution in [0.15, 0.2) is 11.6 Å². The highest BCUT2D eigenvalue weighted by molar-refractivity contribution is 5.79.